The average Bonchev–Trinajstić information content (AvgIpc) is 1.82. The fourth-order valence-electron chi connectivity index (χ4n) is 0.383. The third-order valence-electron chi connectivity index (χ3n) is 0.732. The fourth-order valence-corrected chi connectivity index (χ4v) is 0.383. The minimum absolute atomic E-state index is 0.208. The smallest absolute Gasteiger partial charge is 0.339 e. The SMILES string of the molecule is C=C(C)NOC(=O)CC(C)=O. The van der Waals surface area contributed by atoms with Crippen LogP contribution < -0.4 is 5.48 Å². The van der Waals surface area contributed by atoms with Crippen molar-refractivity contribution in [3.05, 3.63) is 12.3 Å². The summed E-state index contributed by atoms with van der Waals surface area (Å²) in [4.78, 5) is 25.4. The molecule has 62 valence electrons. The lowest BCUT2D eigenvalue weighted by Crippen LogP contribution is -2.19. The van der Waals surface area contributed by atoms with Gasteiger partial charge in [0.05, 0.1) is 0 Å². The molecule has 0 amide bonds. The highest BCUT2D eigenvalue weighted by Crippen LogP contribution is 1.87. The molecule has 11 heavy (non-hydrogen) atoms. The van der Waals surface area contributed by atoms with Gasteiger partial charge in [-0.1, -0.05) is 6.58 Å². The zero-order valence-corrected chi connectivity index (χ0v) is 6.64. The van der Waals surface area contributed by atoms with E-state index in [-0.39, 0.29) is 12.2 Å². The normalized spacial score (nSPS) is 8.55. The molecule has 0 unspecified atom stereocenters. The molecule has 0 aromatic heterocycles. The van der Waals surface area contributed by atoms with Gasteiger partial charge in [-0.3, -0.25) is 4.79 Å². The van der Waals surface area contributed by atoms with Crippen molar-refractivity contribution in [1.29, 1.82) is 0 Å². The molecular weight excluding hydrogens is 146 g/mol. The molecule has 0 aromatic rings. The Kier molecular flexibility index (Phi) is 3.95. The van der Waals surface area contributed by atoms with Crippen LogP contribution in [0.3, 0.4) is 0 Å². The van der Waals surface area contributed by atoms with E-state index in [1.165, 1.54) is 6.92 Å². The van der Waals surface area contributed by atoms with E-state index in [4.69, 9.17) is 0 Å². The third kappa shape index (κ3) is 6.57. The second-order valence-corrected chi connectivity index (χ2v) is 2.24. The first-order chi connectivity index (χ1) is 5.02. The summed E-state index contributed by atoms with van der Waals surface area (Å²) >= 11 is 0. The second-order valence-electron chi connectivity index (χ2n) is 2.24. The highest BCUT2D eigenvalue weighted by atomic mass is 16.7. The topological polar surface area (TPSA) is 55.4 Å². The highest BCUT2D eigenvalue weighted by molar-refractivity contribution is 5.93. The lowest BCUT2D eigenvalue weighted by atomic mass is 10.3. The standard InChI is InChI=1S/C7H11NO3/c1-5(2)8-11-7(10)4-6(3)9/h8H,1,4H2,2-3H3. The van der Waals surface area contributed by atoms with Gasteiger partial charge >= 0.3 is 5.97 Å². The van der Waals surface area contributed by atoms with Crippen LogP contribution in [0.15, 0.2) is 12.3 Å². The van der Waals surface area contributed by atoms with Crippen molar-refractivity contribution >= 4 is 11.8 Å². The number of carbonyl (C=O) groups excluding carboxylic acids is 2. The van der Waals surface area contributed by atoms with Crippen LogP contribution in [0.25, 0.3) is 0 Å². The fraction of sp³-hybridized carbons (Fsp3) is 0.429. The summed E-state index contributed by atoms with van der Waals surface area (Å²) in [5.74, 6) is -0.820. The number of carbonyl (C=O) groups is 2. The van der Waals surface area contributed by atoms with Gasteiger partial charge in [0, 0.05) is 5.70 Å². The molecule has 0 saturated carbocycles. The van der Waals surface area contributed by atoms with Gasteiger partial charge in [0.15, 0.2) is 0 Å². The Labute approximate surface area is 65.2 Å². The number of allylic oxidation sites excluding steroid dienone is 1. The van der Waals surface area contributed by atoms with Gasteiger partial charge in [-0.05, 0) is 13.8 Å². The molecule has 0 rings (SSSR count). The van der Waals surface area contributed by atoms with Gasteiger partial charge in [0.25, 0.3) is 0 Å². The van der Waals surface area contributed by atoms with Crippen LogP contribution in [0.5, 0.6) is 0 Å². The molecule has 0 fully saturated rings. The molecular formula is C7H11NO3. The Balaban J connectivity index is 3.53. The maximum Gasteiger partial charge on any atom is 0.339 e. The molecule has 0 aliphatic carbocycles. The van der Waals surface area contributed by atoms with E-state index in [1.807, 2.05) is 0 Å². The van der Waals surface area contributed by atoms with E-state index in [1.54, 1.807) is 6.92 Å². The van der Waals surface area contributed by atoms with Crippen molar-refractivity contribution in [2.24, 2.45) is 0 Å². The van der Waals surface area contributed by atoms with Gasteiger partial charge in [-0.15, -0.1) is 0 Å². The first kappa shape index (κ1) is 9.68. The largest absolute Gasteiger partial charge is 0.343 e. The van der Waals surface area contributed by atoms with Crippen molar-refractivity contribution < 1.29 is 14.4 Å². The molecule has 4 nitrogen and oxygen atoms in total. The van der Waals surface area contributed by atoms with E-state index in [9.17, 15) is 9.59 Å². The van der Waals surface area contributed by atoms with Crippen molar-refractivity contribution in [3.8, 4) is 0 Å². The first-order valence-electron chi connectivity index (χ1n) is 3.13. The number of hydrogen-bond donors (Lipinski definition) is 1. The minimum Gasteiger partial charge on any atom is -0.343 e. The molecule has 0 aliphatic heterocycles. The predicted octanol–water partition coefficient (Wildman–Crippen LogP) is 0.547. The summed E-state index contributed by atoms with van der Waals surface area (Å²) in [6, 6.07) is 0. The summed E-state index contributed by atoms with van der Waals surface area (Å²) in [6.45, 7) is 6.39. The number of hydrogen-bond acceptors (Lipinski definition) is 4. The third-order valence-corrected chi connectivity index (χ3v) is 0.732. The molecule has 0 atom stereocenters. The van der Waals surface area contributed by atoms with Crippen LogP contribution in [0.2, 0.25) is 0 Å². The number of nitrogens with one attached hydrogen (secondary N) is 1. The molecule has 4 heteroatoms. The molecule has 0 saturated heterocycles. The molecule has 0 spiro atoms. The Morgan fingerprint density at radius 3 is 2.36 bits per heavy atom. The van der Waals surface area contributed by atoms with Crippen LogP contribution in [0.4, 0.5) is 0 Å². The molecule has 1 N–H and O–H groups in total. The van der Waals surface area contributed by atoms with Crippen LogP contribution >= 0.6 is 0 Å². The highest BCUT2D eigenvalue weighted by Gasteiger charge is 2.05. The Hall–Kier alpha value is -1.32. The molecule has 0 radical (unpaired) electrons. The Bertz CT molecular complexity index is 186. The van der Waals surface area contributed by atoms with E-state index < -0.39 is 5.97 Å². The quantitative estimate of drug-likeness (QED) is 0.478. The van der Waals surface area contributed by atoms with Gasteiger partial charge in [-0.25, -0.2) is 10.3 Å². The summed E-state index contributed by atoms with van der Waals surface area (Å²) in [5.41, 5.74) is 2.77. The van der Waals surface area contributed by atoms with Gasteiger partial charge in [-0.2, -0.15) is 0 Å². The lowest BCUT2D eigenvalue weighted by Gasteiger charge is -2.03. The molecule has 0 heterocycles. The first-order valence-corrected chi connectivity index (χ1v) is 3.13. The maximum atomic E-state index is 10.6. The van der Waals surface area contributed by atoms with E-state index in [0.717, 1.165) is 0 Å². The van der Waals surface area contributed by atoms with E-state index >= 15 is 0 Å². The van der Waals surface area contributed by atoms with E-state index in [2.05, 4.69) is 16.9 Å². The predicted molar refractivity (Wildman–Crippen MR) is 39.3 cm³/mol. The summed E-state index contributed by atoms with van der Waals surface area (Å²) in [7, 11) is 0. The summed E-state index contributed by atoms with van der Waals surface area (Å²) in [5, 5.41) is 0. The van der Waals surface area contributed by atoms with Crippen molar-refractivity contribution in [2.75, 3.05) is 0 Å². The minimum atomic E-state index is -0.597. The zero-order valence-electron chi connectivity index (χ0n) is 6.64. The maximum absolute atomic E-state index is 10.6. The van der Waals surface area contributed by atoms with Crippen LogP contribution in [0.1, 0.15) is 20.3 Å². The molecule has 0 bridgehead atoms. The van der Waals surface area contributed by atoms with Gasteiger partial charge in [0.2, 0.25) is 0 Å². The lowest BCUT2D eigenvalue weighted by molar-refractivity contribution is -0.151. The van der Waals surface area contributed by atoms with Gasteiger partial charge in [0.1, 0.15) is 12.2 Å². The monoisotopic (exact) mass is 157 g/mol. The Morgan fingerprint density at radius 2 is 2.00 bits per heavy atom. The second kappa shape index (κ2) is 4.49. The number of rotatable bonds is 4. The number of hydroxylamine groups is 1. The number of Topliss-reactive ketones (excluding diaryl/α,β-unsaturated/α-hetero) is 1. The van der Waals surface area contributed by atoms with Crippen LogP contribution in [0, 0.1) is 0 Å². The van der Waals surface area contributed by atoms with E-state index in [0.29, 0.717) is 5.70 Å². The Morgan fingerprint density at radius 1 is 1.45 bits per heavy atom. The molecule has 0 aromatic carbocycles. The summed E-state index contributed by atoms with van der Waals surface area (Å²) in [6.07, 6.45) is -0.208. The van der Waals surface area contributed by atoms with Crippen molar-refractivity contribution in [2.45, 2.75) is 20.3 Å². The van der Waals surface area contributed by atoms with Crippen molar-refractivity contribution in [3.63, 3.8) is 0 Å². The van der Waals surface area contributed by atoms with Crippen LogP contribution in [-0.4, -0.2) is 11.8 Å². The van der Waals surface area contributed by atoms with Crippen LogP contribution in [-0.2, 0) is 14.4 Å². The summed E-state index contributed by atoms with van der Waals surface area (Å²) < 4.78 is 0. The van der Waals surface area contributed by atoms with Gasteiger partial charge < -0.3 is 4.84 Å². The number of ketones is 1. The molecule has 0 aliphatic rings. The average molecular weight is 157 g/mol. The zero-order chi connectivity index (χ0) is 8.85. The van der Waals surface area contributed by atoms with Crippen molar-refractivity contribution in [1.82, 2.24) is 5.48 Å².